The third-order valence-corrected chi connectivity index (χ3v) is 5.72. The van der Waals surface area contributed by atoms with Crippen molar-refractivity contribution in [1.29, 1.82) is 0 Å². The summed E-state index contributed by atoms with van der Waals surface area (Å²) in [6.07, 6.45) is -3.25. The lowest BCUT2D eigenvalue weighted by Gasteiger charge is -2.32. The minimum atomic E-state index is -4.49. The minimum Gasteiger partial charge on any atom is -0.348 e. The molecule has 1 N–H and O–H groups in total. The molecule has 6 nitrogen and oxygen atoms in total. The highest BCUT2D eigenvalue weighted by Gasteiger charge is 2.33. The van der Waals surface area contributed by atoms with Crippen molar-refractivity contribution in [2.45, 2.75) is 19.3 Å². The number of aromatic nitrogens is 2. The van der Waals surface area contributed by atoms with Crippen molar-refractivity contribution in [1.82, 2.24) is 24.9 Å². The minimum absolute atomic E-state index is 0.248. The number of rotatable bonds is 6. The number of amides is 1. The highest BCUT2D eigenvalue weighted by atomic mass is 19.4. The predicted molar refractivity (Wildman–Crippen MR) is 119 cm³/mol. The summed E-state index contributed by atoms with van der Waals surface area (Å²) in [5.41, 5.74) is 2.14. The van der Waals surface area contributed by atoms with E-state index in [4.69, 9.17) is 0 Å². The fraction of sp³-hybridized carbons (Fsp3) is 0.333. The van der Waals surface area contributed by atoms with Gasteiger partial charge in [0.15, 0.2) is 5.69 Å². The number of carbonyl (C=O) groups is 1. The summed E-state index contributed by atoms with van der Waals surface area (Å²) in [7, 11) is 2.13. The average Bonchev–Trinajstić information content (AvgIpc) is 3.31. The Morgan fingerprint density at radius 3 is 2.36 bits per heavy atom. The summed E-state index contributed by atoms with van der Waals surface area (Å²) >= 11 is 0. The van der Waals surface area contributed by atoms with Gasteiger partial charge in [-0.2, -0.15) is 18.3 Å². The Balaban J connectivity index is 1.33. The van der Waals surface area contributed by atoms with Gasteiger partial charge in [0.2, 0.25) is 0 Å². The number of hydrogen-bond acceptors (Lipinski definition) is 4. The van der Waals surface area contributed by atoms with Crippen molar-refractivity contribution < 1.29 is 18.0 Å². The lowest BCUT2D eigenvalue weighted by atomic mass is 10.1. The summed E-state index contributed by atoms with van der Waals surface area (Å²) in [6.45, 7) is 5.51. The molecule has 3 aromatic rings. The molecule has 0 spiro atoms. The second-order valence-corrected chi connectivity index (χ2v) is 8.27. The van der Waals surface area contributed by atoms with Gasteiger partial charge in [-0.25, -0.2) is 4.68 Å². The quantitative estimate of drug-likeness (QED) is 0.615. The van der Waals surface area contributed by atoms with Gasteiger partial charge in [0.05, 0.1) is 5.69 Å². The van der Waals surface area contributed by atoms with Crippen LogP contribution in [0.3, 0.4) is 0 Å². The number of nitrogens with zero attached hydrogens (tertiary/aromatic N) is 4. The molecule has 1 fully saturated rings. The number of carbonyl (C=O) groups excluding carboxylic acids is 1. The van der Waals surface area contributed by atoms with Gasteiger partial charge in [-0.05, 0) is 48.5 Å². The van der Waals surface area contributed by atoms with Gasteiger partial charge in [-0.3, -0.25) is 9.69 Å². The van der Waals surface area contributed by atoms with Crippen molar-refractivity contribution in [3.8, 4) is 5.69 Å². The Kier molecular flexibility index (Phi) is 6.80. The van der Waals surface area contributed by atoms with Crippen molar-refractivity contribution in [3.05, 3.63) is 83.2 Å². The van der Waals surface area contributed by atoms with Crippen LogP contribution < -0.4 is 5.32 Å². The molecule has 33 heavy (non-hydrogen) atoms. The molecule has 0 saturated carbocycles. The molecule has 1 aliphatic rings. The van der Waals surface area contributed by atoms with Crippen LogP contribution >= 0.6 is 0 Å². The van der Waals surface area contributed by atoms with Crippen LogP contribution in [0.15, 0.2) is 60.8 Å². The van der Waals surface area contributed by atoms with Gasteiger partial charge in [0.25, 0.3) is 5.91 Å². The Hall–Kier alpha value is -3.17. The van der Waals surface area contributed by atoms with E-state index in [1.807, 2.05) is 12.1 Å². The smallest absolute Gasteiger partial charge is 0.348 e. The molecule has 2 aromatic carbocycles. The first-order valence-corrected chi connectivity index (χ1v) is 10.8. The van der Waals surface area contributed by atoms with Crippen LogP contribution in [0.5, 0.6) is 0 Å². The summed E-state index contributed by atoms with van der Waals surface area (Å²) in [5, 5.41) is 6.45. The topological polar surface area (TPSA) is 53.4 Å². The van der Waals surface area contributed by atoms with E-state index in [2.05, 4.69) is 39.4 Å². The van der Waals surface area contributed by atoms with Crippen LogP contribution in [0.2, 0.25) is 0 Å². The molecule has 1 amide bonds. The summed E-state index contributed by atoms with van der Waals surface area (Å²) in [5.74, 6) is -0.248. The van der Waals surface area contributed by atoms with E-state index in [9.17, 15) is 18.0 Å². The fourth-order valence-electron chi connectivity index (χ4n) is 3.77. The molecule has 0 unspecified atom stereocenters. The maximum atomic E-state index is 12.7. The highest BCUT2D eigenvalue weighted by molar-refractivity contribution is 5.94. The number of alkyl halides is 3. The lowest BCUT2D eigenvalue weighted by Crippen LogP contribution is -2.43. The van der Waals surface area contributed by atoms with Crippen molar-refractivity contribution in [2.24, 2.45) is 0 Å². The number of benzene rings is 2. The number of likely N-dealkylation sites (N-methyl/N-ethyl adjacent to an activating group) is 1. The second kappa shape index (κ2) is 9.76. The van der Waals surface area contributed by atoms with Crippen LogP contribution in [0.25, 0.3) is 5.69 Å². The van der Waals surface area contributed by atoms with Crippen molar-refractivity contribution >= 4 is 5.91 Å². The summed E-state index contributed by atoms with van der Waals surface area (Å²) < 4.78 is 39.3. The zero-order valence-corrected chi connectivity index (χ0v) is 18.3. The van der Waals surface area contributed by atoms with Crippen molar-refractivity contribution in [2.75, 3.05) is 33.2 Å². The monoisotopic (exact) mass is 457 g/mol. The standard InChI is InChI=1S/C24H26F3N5O/c1-30-11-13-31(14-12-30)17-19-4-2-3-18(15-19)16-28-23(33)20-5-7-21(8-6-20)32-10-9-22(29-32)24(25,26)27/h2-10,15H,11-14,16-17H2,1H3,(H,28,33). The van der Waals surface area contributed by atoms with E-state index < -0.39 is 11.9 Å². The molecule has 0 bridgehead atoms. The molecule has 0 radical (unpaired) electrons. The van der Waals surface area contributed by atoms with Crippen LogP contribution in [0.1, 0.15) is 27.2 Å². The molecular formula is C24H26F3N5O. The van der Waals surface area contributed by atoms with Gasteiger partial charge in [-0.1, -0.05) is 24.3 Å². The normalized spacial score (nSPS) is 15.5. The highest BCUT2D eigenvalue weighted by Crippen LogP contribution is 2.27. The van der Waals surface area contributed by atoms with E-state index in [1.165, 1.54) is 11.8 Å². The molecule has 2 heterocycles. The van der Waals surface area contributed by atoms with Crippen LogP contribution in [-0.4, -0.2) is 58.7 Å². The molecule has 1 aromatic heterocycles. The number of hydrogen-bond donors (Lipinski definition) is 1. The zero-order chi connectivity index (χ0) is 23.4. The van der Waals surface area contributed by atoms with Crippen LogP contribution in [-0.2, 0) is 19.3 Å². The maximum absolute atomic E-state index is 12.7. The molecule has 1 aliphatic heterocycles. The van der Waals surface area contributed by atoms with Gasteiger partial charge >= 0.3 is 6.18 Å². The molecule has 0 aliphatic carbocycles. The van der Waals surface area contributed by atoms with Gasteiger partial charge in [0.1, 0.15) is 0 Å². The number of nitrogens with one attached hydrogen (secondary N) is 1. The molecule has 0 atom stereocenters. The van der Waals surface area contributed by atoms with E-state index >= 15 is 0 Å². The van der Waals surface area contributed by atoms with Gasteiger partial charge in [-0.15, -0.1) is 0 Å². The average molecular weight is 458 g/mol. The predicted octanol–water partition coefficient (Wildman–Crippen LogP) is 3.57. The summed E-state index contributed by atoms with van der Waals surface area (Å²) in [4.78, 5) is 17.3. The van der Waals surface area contributed by atoms with Crippen molar-refractivity contribution in [3.63, 3.8) is 0 Å². The molecule has 4 rings (SSSR count). The van der Waals surface area contributed by atoms with Gasteiger partial charge < -0.3 is 10.2 Å². The first-order valence-electron chi connectivity index (χ1n) is 10.8. The largest absolute Gasteiger partial charge is 0.435 e. The lowest BCUT2D eigenvalue weighted by molar-refractivity contribution is -0.141. The Morgan fingerprint density at radius 2 is 1.70 bits per heavy atom. The van der Waals surface area contributed by atoms with E-state index in [0.717, 1.165) is 49.0 Å². The molecular weight excluding hydrogens is 431 g/mol. The third kappa shape index (κ3) is 6.00. The molecule has 9 heteroatoms. The zero-order valence-electron chi connectivity index (χ0n) is 18.3. The first-order chi connectivity index (χ1) is 15.8. The molecule has 1 saturated heterocycles. The first kappa shape index (κ1) is 23.0. The Labute approximate surface area is 190 Å². The summed E-state index contributed by atoms with van der Waals surface area (Å²) in [6, 6.07) is 15.4. The van der Waals surface area contributed by atoms with Gasteiger partial charge in [0, 0.05) is 51.0 Å². The third-order valence-electron chi connectivity index (χ3n) is 5.72. The van der Waals surface area contributed by atoms with E-state index in [-0.39, 0.29) is 5.91 Å². The van der Waals surface area contributed by atoms with E-state index in [0.29, 0.717) is 17.8 Å². The number of halogens is 3. The maximum Gasteiger partial charge on any atom is 0.435 e. The number of piperazine rings is 1. The van der Waals surface area contributed by atoms with E-state index in [1.54, 1.807) is 24.3 Å². The Morgan fingerprint density at radius 1 is 1.00 bits per heavy atom. The van der Waals surface area contributed by atoms with Crippen LogP contribution in [0.4, 0.5) is 13.2 Å². The SMILES string of the molecule is CN1CCN(Cc2cccc(CNC(=O)c3ccc(-n4ccc(C(F)(F)F)n4)cc3)c2)CC1. The van der Waals surface area contributed by atoms with Crippen LogP contribution in [0, 0.1) is 0 Å². The Bertz CT molecular complexity index is 1090. The fourth-order valence-corrected chi connectivity index (χ4v) is 3.77. The second-order valence-electron chi connectivity index (χ2n) is 8.27. The molecule has 174 valence electrons.